The molecule has 0 aromatic rings. The predicted molar refractivity (Wildman–Crippen MR) is 223 cm³/mol. The van der Waals surface area contributed by atoms with Crippen molar-refractivity contribution in [2.75, 3.05) is 32.8 Å². The first-order valence-corrected chi connectivity index (χ1v) is 23.3. The van der Waals surface area contributed by atoms with Gasteiger partial charge in [0, 0.05) is 19.4 Å². The van der Waals surface area contributed by atoms with Gasteiger partial charge in [0.15, 0.2) is 0 Å². The van der Waals surface area contributed by atoms with Gasteiger partial charge in [0.25, 0.3) is 0 Å². The fourth-order valence-corrected chi connectivity index (χ4v) is 7.23. The molecule has 0 saturated heterocycles. The van der Waals surface area contributed by atoms with E-state index in [1.54, 1.807) is 0 Å². The average Bonchev–Trinajstić information content (AvgIpc) is 3.14. The lowest BCUT2D eigenvalue weighted by molar-refractivity contribution is -0.150. The summed E-state index contributed by atoms with van der Waals surface area (Å²) < 4.78 is 11.4. The third-order valence-electron chi connectivity index (χ3n) is 10.7. The Bertz CT molecular complexity index is 716. The Hall–Kier alpha value is -1.14. The van der Waals surface area contributed by atoms with Crippen molar-refractivity contribution in [3.05, 3.63) is 0 Å². The number of rotatable bonds is 43. The zero-order valence-electron chi connectivity index (χ0n) is 35.4. The van der Waals surface area contributed by atoms with E-state index in [-0.39, 0.29) is 24.6 Å². The van der Waals surface area contributed by atoms with Crippen LogP contribution in [0.3, 0.4) is 0 Å². The lowest BCUT2D eigenvalue weighted by atomic mass is 10.0. The van der Waals surface area contributed by atoms with Gasteiger partial charge in [-0.15, -0.1) is 0 Å². The Morgan fingerprint density at radius 3 is 1.25 bits per heavy atom. The van der Waals surface area contributed by atoms with Crippen LogP contribution in [0.1, 0.15) is 245 Å². The number of esters is 2. The van der Waals surface area contributed by atoms with Gasteiger partial charge in [-0.25, -0.2) is 0 Å². The van der Waals surface area contributed by atoms with Gasteiger partial charge in [-0.3, -0.25) is 9.59 Å². The first kappa shape index (κ1) is 50.9. The maximum absolute atomic E-state index is 12.7. The maximum atomic E-state index is 12.7. The summed E-state index contributed by atoms with van der Waals surface area (Å²) >= 11 is 0. The zero-order chi connectivity index (χ0) is 38.0. The van der Waals surface area contributed by atoms with E-state index in [0.717, 1.165) is 77.4 Å². The molecule has 0 spiro atoms. The van der Waals surface area contributed by atoms with Crippen molar-refractivity contribution in [1.29, 1.82) is 0 Å². The highest BCUT2D eigenvalue weighted by molar-refractivity contribution is 5.69. The van der Waals surface area contributed by atoms with E-state index in [0.29, 0.717) is 19.4 Å². The molecule has 1 N–H and O–H groups in total. The highest BCUT2D eigenvalue weighted by atomic mass is 16.5. The zero-order valence-corrected chi connectivity index (χ0v) is 35.4. The van der Waals surface area contributed by atoms with Crippen LogP contribution < -0.4 is 0 Å². The smallest absolute Gasteiger partial charge is 0.306 e. The van der Waals surface area contributed by atoms with E-state index in [1.165, 1.54) is 154 Å². The summed E-state index contributed by atoms with van der Waals surface area (Å²) in [6, 6.07) is 0. The van der Waals surface area contributed by atoms with E-state index in [4.69, 9.17) is 9.47 Å². The van der Waals surface area contributed by atoms with Gasteiger partial charge in [-0.05, 0) is 70.9 Å². The summed E-state index contributed by atoms with van der Waals surface area (Å²) in [6.07, 6.45) is 41.1. The molecule has 52 heavy (non-hydrogen) atoms. The minimum absolute atomic E-state index is 0.0166. The lowest BCUT2D eigenvalue weighted by Gasteiger charge is -2.21. The standard InChI is InChI=1S/C46H91NO5/c1-4-7-10-13-16-19-27-34-43-51-45(49)37-30-23-17-18-25-32-39-47(41-42-48)40-33-26-20-24-31-38-46(50)52-44(35-28-21-14-11-8-5-2)36-29-22-15-12-9-6-3/h44,48H,4-43H2,1-3H3. The fourth-order valence-electron chi connectivity index (χ4n) is 7.23. The van der Waals surface area contributed by atoms with E-state index in [9.17, 15) is 14.7 Å². The van der Waals surface area contributed by atoms with Crippen LogP contribution in [0.15, 0.2) is 0 Å². The van der Waals surface area contributed by atoms with Crippen molar-refractivity contribution in [2.24, 2.45) is 0 Å². The SMILES string of the molecule is CCCCCCCCCCOC(=O)CCCCCCCCN(CCO)CCCCCCCC(=O)OC(CCCCCCCC)CCCCCCCC. The van der Waals surface area contributed by atoms with Crippen LogP contribution in [0.4, 0.5) is 0 Å². The second-order valence-electron chi connectivity index (χ2n) is 15.9. The molecule has 0 aromatic carbocycles. The molecule has 0 aliphatic rings. The number of ether oxygens (including phenoxy) is 2. The molecule has 6 nitrogen and oxygen atoms in total. The van der Waals surface area contributed by atoms with Crippen LogP contribution >= 0.6 is 0 Å². The minimum Gasteiger partial charge on any atom is -0.466 e. The summed E-state index contributed by atoms with van der Waals surface area (Å²) in [5.41, 5.74) is 0. The number of carbonyl (C=O) groups excluding carboxylic acids is 2. The summed E-state index contributed by atoms with van der Waals surface area (Å²) in [5.74, 6) is -0.00524. The number of carbonyl (C=O) groups is 2. The Morgan fingerprint density at radius 2 is 0.808 bits per heavy atom. The molecule has 0 bridgehead atoms. The van der Waals surface area contributed by atoms with Gasteiger partial charge in [-0.1, -0.05) is 175 Å². The first-order chi connectivity index (χ1) is 25.6. The third-order valence-corrected chi connectivity index (χ3v) is 10.7. The molecule has 0 radical (unpaired) electrons. The second-order valence-corrected chi connectivity index (χ2v) is 15.9. The van der Waals surface area contributed by atoms with Gasteiger partial charge >= 0.3 is 11.9 Å². The first-order valence-electron chi connectivity index (χ1n) is 23.3. The van der Waals surface area contributed by atoms with E-state index < -0.39 is 0 Å². The van der Waals surface area contributed by atoms with Crippen LogP contribution in [0.2, 0.25) is 0 Å². The van der Waals surface area contributed by atoms with Crippen molar-refractivity contribution in [1.82, 2.24) is 4.90 Å². The normalized spacial score (nSPS) is 11.6. The second kappa shape index (κ2) is 42.6. The van der Waals surface area contributed by atoms with Crippen LogP contribution in [0.25, 0.3) is 0 Å². The molecule has 0 atom stereocenters. The average molecular weight is 738 g/mol. The Labute approximate surface area is 324 Å². The molecule has 0 heterocycles. The molecule has 0 saturated carbocycles. The number of nitrogens with zero attached hydrogens (tertiary/aromatic N) is 1. The Kier molecular flexibility index (Phi) is 41.7. The van der Waals surface area contributed by atoms with Crippen molar-refractivity contribution < 1.29 is 24.2 Å². The van der Waals surface area contributed by atoms with Gasteiger partial charge in [-0.2, -0.15) is 0 Å². The summed E-state index contributed by atoms with van der Waals surface area (Å²) in [4.78, 5) is 27.1. The molecule has 0 amide bonds. The molecule has 0 aliphatic heterocycles. The van der Waals surface area contributed by atoms with E-state index in [1.807, 2.05) is 0 Å². The van der Waals surface area contributed by atoms with Crippen molar-refractivity contribution in [3.63, 3.8) is 0 Å². The highest BCUT2D eigenvalue weighted by Gasteiger charge is 2.14. The number of unbranched alkanes of at least 4 members (excludes halogenated alkanes) is 26. The summed E-state index contributed by atoms with van der Waals surface area (Å²) in [7, 11) is 0. The predicted octanol–water partition coefficient (Wildman–Crippen LogP) is 13.4. The van der Waals surface area contributed by atoms with Crippen LogP contribution in [0.5, 0.6) is 0 Å². The van der Waals surface area contributed by atoms with Gasteiger partial charge < -0.3 is 19.5 Å². The molecule has 310 valence electrons. The van der Waals surface area contributed by atoms with Gasteiger partial charge in [0.1, 0.15) is 6.10 Å². The molecule has 0 rings (SSSR count). The van der Waals surface area contributed by atoms with Crippen LogP contribution in [-0.4, -0.2) is 60.9 Å². The summed E-state index contributed by atoms with van der Waals surface area (Å²) in [5, 5.41) is 9.56. The molecule has 0 fully saturated rings. The number of aliphatic hydroxyl groups is 1. The van der Waals surface area contributed by atoms with E-state index in [2.05, 4.69) is 25.7 Å². The largest absolute Gasteiger partial charge is 0.466 e. The molecular formula is C46H91NO5. The maximum Gasteiger partial charge on any atom is 0.306 e. The molecular weight excluding hydrogens is 647 g/mol. The van der Waals surface area contributed by atoms with Crippen molar-refractivity contribution in [3.8, 4) is 0 Å². The van der Waals surface area contributed by atoms with Crippen molar-refractivity contribution >= 4 is 11.9 Å². The summed E-state index contributed by atoms with van der Waals surface area (Å²) in [6.45, 7) is 10.4. The Morgan fingerprint density at radius 1 is 0.442 bits per heavy atom. The molecule has 6 heteroatoms. The highest BCUT2D eigenvalue weighted by Crippen LogP contribution is 2.18. The lowest BCUT2D eigenvalue weighted by Crippen LogP contribution is -2.29. The molecule has 0 aromatic heterocycles. The number of hydrogen-bond donors (Lipinski definition) is 1. The Balaban J connectivity index is 3.90. The van der Waals surface area contributed by atoms with E-state index >= 15 is 0 Å². The monoisotopic (exact) mass is 738 g/mol. The molecule has 0 aliphatic carbocycles. The van der Waals surface area contributed by atoms with Gasteiger partial charge in [0.2, 0.25) is 0 Å². The fraction of sp³-hybridized carbons (Fsp3) is 0.957. The topological polar surface area (TPSA) is 76.1 Å². The third kappa shape index (κ3) is 38.6. The van der Waals surface area contributed by atoms with Gasteiger partial charge in [0.05, 0.1) is 13.2 Å². The van der Waals surface area contributed by atoms with Crippen LogP contribution in [-0.2, 0) is 19.1 Å². The quantitative estimate of drug-likeness (QED) is 0.0496. The minimum atomic E-state index is -0.0218. The van der Waals surface area contributed by atoms with Crippen molar-refractivity contribution in [2.45, 2.75) is 252 Å². The number of hydrogen-bond acceptors (Lipinski definition) is 6. The van der Waals surface area contributed by atoms with Crippen LogP contribution in [0, 0.1) is 0 Å². The molecule has 0 unspecified atom stereocenters. The number of aliphatic hydroxyl groups excluding tert-OH is 1.